The molecule has 0 aromatic rings. The maximum Gasteiger partial charge on any atom is 0.243 e. The number of carbonyl (C=O) groups excluding carboxylic acids is 1. The van der Waals surface area contributed by atoms with Gasteiger partial charge in [-0.05, 0) is 38.2 Å². The number of nitrogens with one attached hydrogen (secondary N) is 1. The molecule has 0 unspecified atom stereocenters. The van der Waals surface area contributed by atoms with Crippen LogP contribution in [0.5, 0.6) is 0 Å². The van der Waals surface area contributed by atoms with E-state index in [0.29, 0.717) is 16.3 Å². The first-order chi connectivity index (χ1) is 6.45. The SMILES string of the molecule is C=CC(=O)NCCC[Si]O[Si](C)(C)C. The number of hydrogen-bond acceptors (Lipinski definition) is 2. The lowest BCUT2D eigenvalue weighted by Crippen LogP contribution is -2.28. The van der Waals surface area contributed by atoms with Crippen LogP contribution in [0, 0.1) is 0 Å². The lowest BCUT2D eigenvalue weighted by molar-refractivity contribution is -0.116. The average molecular weight is 229 g/mol. The minimum absolute atomic E-state index is 0.0977. The van der Waals surface area contributed by atoms with E-state index in [1.165, 1.54) is 6.08 Å². The molecule has 0 aliphatic rings. The van der Waals surface area contributed by atoms with Gasteiger partial charge in [0.1, 0.15) is 0 Å². The van der Waals surface area contributed by atoms with Gasteiger partial charge < -0.3 is 9.43 Å². The Kier molecular flexibility index (Phi) is 6.77. The number of carbonyl (C=O) groups is 1. The van der Waals surface area contributed by atoms with Crippen LogP contribution in [0.3, 0.4) is 0 Å². The van der Waals surface area contributed by atoms with Crippen LogP contribution in [0.25, 0.3) is 0 Å². The van der Waals surface area contributed by atoms with E-state index in [9.17, 15) is 4.79 Å². The standard InChI is InChI=1S/C9H19NO2Si2/c1-5-9(11)10-7-6-8-13-12-14(2,3)4/h5H,1,6-8H2,2-4H3,(H,10,11). The van der Waals surface area contributed by atoms with Crippen LogP contribution in [0.4, 0.5) is 0 Å². The van der Waals surface area contributed by atoms with Crippen molar-refractivity contribution in [2.75, 3.05) is 6.54 Å². The fourth-order valence-corrected chi connectivity index (χ4v) is 3.17. The third-order valence-electron chi connectivity index (χ3n) is 1.32. The molecule has 0 rings (SSSR count). The zero-order valence-corrected chi connectivity index (χ0v) is 11.2. The van der Waals surface area contributed by atoms with E-state index in [2.05, 4.69) is 31.5 Å². The normalized spacial score (nSPS) is 11.1. The highest BCUT2D eigenvalue weighted by Crippen LogP contribution is 2.02. The largest absolute Gasteiger partial charge is 0.456 e. The van der Waals surface area contributed by atoms with Crippen LogP contribution in [0.2, 0.25) is 25.7 Å². The minimum atomic E-state index is -1.34. The number of amides is 1. The molecular formula is C9H19NO2Si2. The summed E-state index contributed by atoms with van der Waals surface area (Å²) in [6.45, 7) is 10.6. The highest BCUT2D eigenvalue weighted by atomic mass is 28.4. The van der Waals surface area contributed by atoms with Crippen LogP contribution >= 0.6 is 0 Å². The highest BCUT2D eigenvalue weighted by Gasteiger charge is 2.13. The molecule has 0 bridgehead atoms. The van der Waals surface area contributed by atoms with Gasteiger partial charge in [-0.3, -0.25) is 4.79 Å². The molecule has 0 atom stereocenters. The van der Waals surface area contributed by atoms with Crippen LogP contribution in [0.15, 0.2) is 12.7 Å². The fourth-order valence-electron chi connectivity index (χ4n) is 0.712. The first kappa shape index (κ1) is 13.6. The van der Waals surface area contributed by atoms with Crippen molar-refractivity contribution in [3.8, 4) is 0 Å². The highest BCUT2D eigenvalue weighted by molar-refractivity contribution is 6.73. The summed E-state index contributed by atoms with van der Waals surface area (Å²) in [5.41, 5.74) is 0. The van der Waals surface area contributed by atoms with Crippen LogP contribution in [-0.2, 0) is 8.91 Å². The van der Waals surface area contributed by atoms with Gasteiger partial charge in [-0.25, -0.2) is 0 Å². The first-order valence-corrected chi connectivity index (χ1v) is 9.29. The van der Waals surface area contributed by atoms with Gasteiger partial charge in [-0.1, -0.05) is 6.58 Å². The van der Waals surface area contributed by atoms with E-state index in [-0.39, 0.29) is 5.91 Å². The van der Waals surface area contributed by atoms with Crippen molar-refractivity contribution < 1.29 is 8.91 Å². The quantitative estimate of drug-likeness (QED) is 0.409. The van der Waals surface area contributed by atoms with Crippen LogP contribution < -0.4 is 5.32 Å². The number of rotatable bonds is 7. The van der Waals surface area contributed by atoms with Gasteiger partial charge in [0.05, 0.1) is 0 Å². The summed E-state index contributed by atoms with van der Waals surface area (Å²) in [5.74, 6) is -0.0977. The number of hydrogen-bond donors (Lipinski definition) is 1. The molecule has 5 heteroatoms. The minimum Gasteiger partial charge on any atom is -0.456 e. The van der Waals surface area contributed by atoms with Crippen molar-refractivity contribution in [2.24, 2.45) is 0 Å². The third-order valence-corrected chi connectivity index (χ3v) is 4.90. The molecule has 0 fully saturated rings. The van der Waals surface area contributed by atoms with E-state index in [4.69, 9.17) is 4.12 Å². The molecule has 0 aromatic heterocycles. The van der Waals surface area contributed by atoms with E-state index < -0.39 is 8.32 Å². The Labute approximate surface area is 90.0 Å². The van der Waals surface area contributed by atoms with Gasteiger partial charge in [-0.2, -0.15) is 0 Å². The molecule has 0 heterocycles. The van der Waals surface area contributed by atoms with Gasteiger partial charge in [0.15, 0.2) is 8.32 Å². The summed E-state index contributed by atoms with van der Waals surface area (Å²) < 4.78 is 5.70. The molecule has 80 valence electrons. The summed E-state index contributed by atoms with van der Waals surface area (Å²) in [7, 11) is -0.765. The van der Waals surface area contributed by atoms with Crippen molar-refractivity contribution in [1.29, 1.82) is 0 Å². The Morgan fingerprint density at radius 2 is 2.21 bits per heavy atom. The lowest BCUT2D eigenvalue weighted by Gasteiger charge is -2.16. The second-order valence-corrected chi connectivity index (χ2v) is 9.79. The molecule has 0 aliphatic heterocycles. The Morgan fingerprint density at radius 1 is 1.57 bits per heavy atom. The molecule has 3 nitrogen and oxygen atoms in total. The van der Waals surface area contributed by atoms with Gasteiger partial charge in [0.25, 0.3) is 0 Å². The lowest BCUT2D eigenvalue weighted by atomic mass is 10.4. The molecule has 2 radical (unpaired) electrons. The zero-order valence-electron chi connectivity index (χ0n) is 9.22. The zero-order chi connectivity index (χ0) is 11.0. The Bertz CT molecular complexity index is 190. The summed E-state index contributed by atoms with van der Waals surface area (Å²) in [6, 6.07) is 1.03. The Morgan fingerprint density at radius 3 is 2.71 bits per heavy atom. The maximum absolute atomic E-state index is 10.8. The second-order valence-electron chi connectivity index (χ2n) is 3.96. The molecule has 1 amide bonds. The van der Waals surface area contributed by atoms with Crippen molar-refractivity contribution >= 4 is 24.0 Å². The van der Waals surface area contributed by atoms with E-state index in [1.54, 1.807) is 0 Å². The molecule has 14 heavy (non-hydrogen) atoms. The van der Waals surface area contributed by atoms with Gasteiger partial charge in [0.2, 0.25) is 15.7 Å². The molecule has 0 aliphatic carbocycles. The van der Waals surface area contributed by atoms with Crippen LogP contribution in [-0.4, -0.2) is 30.5 Å². The van der Waals surface area contributed by atoms with Crippen molar-refractivity contribution in [1.82, 2.24) is 5.32 Å². The molecule has 0 spiro atoms. The molecule has 0 saturated carbocycles. The van der Waals surface area contributed by atoms with Gasteiger partial charge in [0, 0.05) is 6.54 Å². The topological polar surface area (TPSA) is 38.3 Å². The first-order valence-electron chi connectivity index (χ1n) is 4.77. The summed E-state index contributed by atoms with van der Waals surface area (Å²) in [5, 5.41) is 2.73. The third kappa shape index (κ3) is 9.69. The molecule has 1 N–H and O–H groups in total. The predicted octanol–water partition coefficient (Wildman–Crippen LogP) is 1.57. The van der Waals surface area contributed by atoms with Gasteiger partial charge in [-0.15, -0.1) is 0 Å². The summed E-state index contributed by atoms with van der Waals surface area (Å²) in [6.07, 6.45) is 2.27. The monoisotopic (exact) mass is 229 g/mol. The fraction of sp³-hybridized carbons (Fsp3) is 0.667. The molecule has 0 saturated heterocycles. The van der Waals surface area contributed by atoms with Crippen molar-refractivity contribution in [3.05, 3.63) is 12.7 Å². The molecule has 0 aromatic carbocycles. The van der Waals surface area contributed by atoms with Crippen molar-refractivity contribution in [3.63, 3.8) is 0 Å². The predicted molar refractivity (Wildman–Crippen MR) is 62.8 cm³/mol. The Balaban J connectivity index is 3.22. The molecular weight excluding hydrogens is 210 g/mol. The smallest absolute Gasteiger partial charge is 0.243 e. The summed E-state index contributed by atoms with van der Waals surface area (Å²) >= 11 is 0. The van der Waals surface area contributed by atoms with Crippen molar-refractivity contribution in [2.45, 2.75) is 32.1 Å². The van der Waals surface area contributed by atoms with E-state index >= 15 is 0 Å². The maximum atomic E-state index is 10.8. The van der Waals surface area contributed by atoms with Gasteiger partial charge >= 0.3 is 0 Å². The van der Waals surface area contributed by atoms with E-state index in [1.807, 2.05) is 0 Å². The van der Waals surface area contributed by atoms with E-state index in [0.717, 1.165) is 12.5 Å². The Hall–Kier alpha value is -0.396. The second kappa shape index (κ2) is 6.97. The van der Waals surface area contributed by atoms with Crippen LogP contribution in [0.1, 0.15) is 6.42 Å². The average Bonchev–Trinajstić information content (AvgIpc) is 2.08. The summed E-state index contributed by atoms with van der Waals surface area (Å²) in [4.78, 5) is 10.8.